The molecule has 0 unspecified atom stereocenters. The van der Waals surface area contributed by atoms with Gasteiger partial charge in [0.05, 0.1) is 13.0 Å². The summed E-state index contributed by atoms with van der Waals surface area (Å²) < 4.78 is 4.65. The Hall–Kier alpha value is -0.570. The molecule has 0 atom stereocenters. The summed E-state index contributed by atoms with van der Waals surface area (Å²) in [4.78, 5) is 20.8. The van der Waals surface area contributed by atoms with Crippen LogP contribution >= 0.6 is 11.6 Å². The van der Waals surface area contributed by atoms with Crippen molar-refractivity contribution < 1.29 is 14.3 Å². The van der Waals surface area contributed by atoms with Crippen LogP contribution in [0.4, 0.5) is 0 Å². The molecule has 3 nitrogen and oxygen atoms in total. The number of ether oxygens (including phenoxy) is 1. The Labute approximate surface area is 70.7 Å². The summed E-state index contributed by atoms with van der Waals surface area (Å²) in [6, 6.07) is 0. The first-order valence-corrected chi connectivity index (χ1v) is 3.88. The quantitative estimate of drug-likeness (QED) is 0.473. The van der Waals surface area contributed by atoms with Gasteiger partial charge in [-0.05, 0) is 18.0 Å². The van der Waals surface area contributed by atoms with Crippen molar-refractivity contribution in [3.63, 3.8) is 0 Å². The number of halogens is 1. The first-order chi connectivity index (χ1) is 5.16. The fraction of sp³-hybridized carbons (Fsp3) is 0.714. The first kappa shape index (κ1) is 10.4. The predicted octanol–water partition coefficient (Wildman–Crippen LogP) is 1.49. The SMILES string of the molecule is CCCC(=O)OCCC(=O)Cl. The molecule has 0 fully saturated rings. The molecule has 0 spiro atoms. The Balaban J connectivity index is 3.24. The third-order valence-corrected chi connectivity index (χ3v) is 1.20. The maximum atomic E-state index is 10.6. The number of carbonyl (C=O) groups is 2. The molecule has 0 amide bonds. The van der Waals surface area contributed by atoms with E-state index < -0.39 is 5.24 Å². The Morgan fingerprint density at radius 2 is 2.00 bits per heavy atom. The van der Waals surface area contributed by atoms with Crippen LogP contribution in [0.25, 0.3) is 0 Å². The molecule has 0 aliphatic carbocycles. The summed E-state index contributed by atoms with van der Waals surface area (Å²) in [7, 11) is 0. The lowest BCUT2D eigenvalue weighted by molar-refractivity contribution is -0.143. The standard InChI is InChI=1S/C7H11ClO3/c1-2-3-7(10)11-5-4-6(8)9/h2-5H2,1H3. The van der Waals surface area contributed by atoms with Gasteiger partial charge in [-0.25, -0.2) is 0 Å². The van der Waals surface area contributed by atoms with E-state index in [1.807, 2.05) is 6.92 Å². The minimum Gasteiger partial charge on any atom is -0.465 e. The van der Waals surface area contributed by atoms with E-state index in [1.54, 1.807) is 0 Å². The molecule has 0 N–H and O–H groups in total. The van der Waals surface area contributed by atoms with Gasteiger partial charge in [0.25, 0.3) is 0 Å². The fourth-order valence-corrected chi connectivity index (χ4v) is 0.599. The lowest BCUT2D eigenvalue weighted by atomic mass is 10.3. The van der Waals surface area contributed by atoms with E-state index in [-0.39, 0.29) is 19.0 Å². The molecule has 0 bridgehead atoms. The monoisotopic (exact) mass is 178 g/mol. The summed E-state index contributed by atoms with van der Waals surface area (Å²) in [5.41, 5.74) is 0. The number of rotatable bonds is 5. The molecule has 0 aromatic carbocycles. The maximum absolute atomic E-state index is 10.6. The maximum Gasteiger partial charge on any atom is 0.305 e. The van der Waals surface area contributed by atoms with E-state index in [4.69, 9.17) is 11.6 Å². The number of hydrogen-bond donors (Lipinski definition) is 0. The van der Waals surface area contributed by atoms with Gasteiger partial charge < -0.3 is 4.74 Å². The Morgan fingerprint density at radius 1 is 1.36 bits per heavy atom. The van der Waals surface area contributed by atoms with Crippen molar-refractivity contribution in [2.45, 2.75) is 26.2 Å². The Morgan fingerprint density at radius 3 is 2.45 bits per heavy atom. The lowest BCUT2D eigenvalue weighted by Gasteiger charge is -1.99. The molecule has 0 aromatic heterocycles. The van der Waals surface area contributed by atoms with Crippen LogP contribution in [0.15, 0.2) is 0 Å². The third-order valence-electron chi connectivity index (χ3n) is 1.02. The summed E-state index contributed by atoms with van der Waals surface area (Å²) in [5.74, 6) is -0.273. The molecule has 0 aliphatic heterocycles. The van der Waals surface area contributed by atoms with Crippen LogP contribution in [-0.2, 0) is 14.3 Å². The molecule has 11 heavy (non-hydrogen) atoms. The molecule has 0 aliphatic rings. The third kappa shape index (κ3) is 7.33. The summed E-state index contributed by atoms with van der Waals surface area (Å²) in [5, 5.41) is -0.478. The van der Waals surface area contributed by atoms with Crippen LogP contribution in [0.1, 0.15) is 26.2 Å². The van der Waals surface area contributed by atoms with Crippen molar-refractivity contribution in [3.8, 4) is 0 Å². The van der Waals surface area contributed by atoms with E-state index >= 15 is 0 Å². The number of carbonyl (C=O) groups excluding carboxylic acids is 2. The van der Waals surface area contributed by atoms with Gasteiger partial charge in [0.15, 0.2) is 0 Å². The van der Waals surface area contributed by atoms with Crippen molar-refractivity contribution in [2.75, 3.05) is 6.61 Å². The molecule has 0 heterocycles. The highest BCUT2D eigenvalue weighted by molar-refractivity contribution is 6.63. The van der Waals surface area contributed by atoms with Gasteiger partial charge in [0, 0.05) is 6.42 Å². The molecule has 0 aromatic rings. The van der Waals surface area contributed by atoms with Crippen molar-refractivity contribution in [1.29, 1.82) is 0 Å². The molecule has 0 radical (unpaired) electrons. The number of hydrogen-bond acceptors (Lipinski definition) is 3. The highest BCUT2D eigenvalue weighted by Gasteiger charge is 2.01. The zero-order valence-electron chi connectivity index (χ0n) is 6.43. The Bertz CT molecular complexity index is 145. The van der Waals surface area contributed by atoms with Gasteiger partial charge >= 0.3 is 5.97 Å². The van der Waals surface area contributed by atoms with Crippen LogP contribution in [0.3, 0.4) is 0 Å². The van der Waals surface area contributed by atoms with Crippen LogP contribution in [-0.4, -0.2) is 17.8 Å². The van der Waals surface area contributed by atoms with Crippen LogP contribution in [0.2, 0.25) is 0 Å². The fourth-order valence-electron chi connectivity index (χ4n) is 0.521. The highest BCUT2D eigenvalue weighted by atomic mass is 35.5. The molecule has 64 valence electrons. The topological polar surface area (TPSA) is 43.4 Å². The molecule has 4 heteroatoms. The average molecular weight is 179 g/mol. The van der Waals surface area contributed by atoms with Gasteiger partial charge in [-0.3, -0.25) is 9.59 Å². The van der Waals surface area contributed by atoms with E-state index in [9.17, 15) is 9.59 Å². The van der Waals surface area contributed by atoms with Crippen molar-refractivity contribution >= 4 is 22.8 Å². The van der Waals surface area contributed by atoms with Gasteiger partial charge in [-0.2, -0.15) is 0 Å². The zero-order chi connectivity index (χ0) is 8.69. The smallest absolute Gasteiger partial charge is 0.305 e. The predicted molar refractivity (Wildman–Crippen MR) is 41.3 cm³/mol. The summed E-state index contributed by atoms with van der Waals surface area (Å²) >= 11 is 5.01. The largest absolute Gasteiger partial charge is 0.465 e. The molecule has 0 saturated carbocycles. The molecular formula is C7H11ClO3. The minimum atomic E-state index is -0.478. The van der Waals surface area contributed by atoms with Crippen molar-refractivity contribution in [2.24, 2.45) is 0 Å². The summed E-state index contributed by atoms with van der Waals surface area (Å²) in [6.45, 7) is 1.98. The van der Waals surface area contributed by atoms with Gasteiger partial charge in [-0.1, -0.05) is 6.92 Å². The van der Waals surface area contributed by atoms with Crippen LogP contribution in [0, 0.1) is 0 Å². The summed E-state index contributed by atoms with van der Waals surface area (Å²) in [6.07, 6.45) is 1.25. The molecule has 0 saturated heterocycles. The van der Waals surface area contributed by atoms with E-state index in [1.165, 1.54) is 0 Å². The van der Waals surface area contributed by atoms with E-state index in [0.717, 1.165) is 6.42 Å². The second kappa shape index (κ2) is 6.16. The van der Waals surface area contributed by atoms with Crippen molar-refractivity contribution in [1.82, 2.24) is 0 Å². The highest BCUT2D eigenvalue weighted by Crippen LogP contribution is 1.94. The molecule has 0 rings (SSSR count). The van der Waals surface area contributed by atoms with Gasteiger partial charge in [0.2, 0.25) is 5.24 Å². The van der Waals surface area contributed by atoms with Gasteiger partial charge in [0.1, 0.15) is 0 Å². The number of esters is 1. The minimum absolute atomic E-state index is 0.0943. The second-order valence-corrected chi connectivity index (χ2v) is 2.50. The van der Waals surface area contributed by atoms with Crippen LogP contribution < -0.4 is 0 Å². The van der Waals surface area contributed by atoms with E-state index in [2.05, 4.69) is 4.74 Å². The second-order valence-electron chi connectivity index (χ2n) is 2.08. The average Bonchev–Trinajstić information content (AvgIpc) is 1.87. The lowest BCUT2D eigenvalue weighted by Crippen LogP contribution is -2.06. The zero-order valence-corrected chi connectivity index (χ0v) is 7.19. The van der Waals surface area contributed by atoms with Crippen LogP contribution in [0.5, 0.6) is 0 Å². The first-order valence-electron chi connectivity index (χ1n) is 3.50. The Kier molecular flexibility index (Phi) is 5.84. The van der Waals surface area contributed by atoms with Crippen molar-refractivity contribution in [3.05, 3.63) is 0 Å². The van der Waals surface area contributed by atoms with Gasteiger partial charge in [-0.15, -0.1) is 0 Å². The normalized spacial score (nSPS) is 9.27. The van der Waals surface area contributed by atoms with E-state index in [0.29, 0.717) is 6.42 Å². The molecular weight excluding hydrogens is 168 g/mol.